The molecular weight excluding hydrogens is 324 g/mol. The number of carbonyl (C=O) groups is 1. The van der Waals surface area contributed by atoms with Crippen molar-refractivity contribution < 1.29 is 4.79 Å². The minimum Gasteiger partial charge on any atom is -0.336 e. The molecule has 0 aliphatic rings. The number of halogens is 1. The summed E-state index contributed by atoms with van der Waals surface area (Å²) in [6.07, 6.45) is 0.581. The molecule has 1 aromatic carbocycles. The summed E-state index contributed by atoms with van der Waals surface area (Å²) in [6.45, 7) is 5.78. The third-order valence-electron chi connectivity index (χ3n) is 4.25. The monoisotopic (exact) mass is 344 g/mol. The van der Waals surface area contributed by atoms with Gasteiger partial charge in [-0.25, -0.2) is 0 Å². The van der Waals surface area contributed by atoms with E-state index in [2.05, 4.69) is 16.5 Å². The van der Waals surface area contributed by atoms with Gasteiger partial charge in [0.05, 0.1) is 11.8 Å². The van der Waals surface area contributed by atoms with Crippen LogP contribution in [0, 0.1) is 31.1 Å². The lowest BCUT2D eigenvalue weighted by Gasteiger charge is -2.17. The van der Waals surface area contributed by atoms with Crippen LogP contribution in [-0.2, 0) is 18.3 Å². The first-order chi connectivity index (χ1) is 11.3. The Kier molecular flexibility index (Phi) is 5.63. The van der Waals surface area contributed by atoms with Gasteiger partial charge in [0, 0.05) is 29.2 Å². The molecule has 126 valence electrons. The largest absolute Gasteiger partial charge is 0.336 e. The highest BCUT2D eigenvalue weighted by atomic mass is 35.5. The van der Waals surface area contributed by atoms with Gasteiger partial charge in [0.1, 0.15) is 6.04 Å². The van der Waals surface area contributed by atoms with E-state index in [1.165, 1.54) is 0 Å². The summed E-state index contributed by atoms with van der Waals surface area (Å²) >= 11 is 6.12. The minimum absolute atomic E-state index is 0.177. The Morgan fingerprint density at radius 2 is 2.08 bits per heavy atom. The van der Waals surface area contributed by atoms with Gasteiger partial charge in [-0.15, -0.1) is 0 Å². The molecule has 0 saturated carbocycles. The SMILES string of the molecule is Cc1nn(C)c(C)c1C[C@@H](C)C(=O)N[C@H](C#N)c1ccccc1Cl. The molecule has 1 amide bonds. The smallest absolute Gasteiger partial charge is 0.224 e. The van der Waals surface area contributed by atoms with Crippen molar-refractivity contribution in [3.05, 3.63) is 51.8 Å². The Morgan fingerprint density at radius 3 is 2.62 bits per heavy atom. The standard InChI is InChI=1S/C18H21ClN4O/c1-11(9-15-12(2)22-23(4)13(15)3)18(24)21-17(10-20)14-7-5-6-8-16(14)19/h5-8,11,17H,9H2,1-4H3,(H,21,24)/t11-,17-/m1/s1. The van der Waals surface area contributed by atoms with Crippen LogP contribution in [0.2, 0.25) is 5.02 Å². The maximum absolute atomic E-state index is 12.5. The normalized spacial score (nSPS) is 13.2. The van der Waals surface area contributed by atoms with E-state index < -0.39 is 6.04 Å². The summed E-state index contributed by atoms with van der Waals surface area (Å²) in [4.78, 5) is 12.5. The Morgan fingerprint density at radius 1 is 1.42 bits per heavy atom. The third kappa shape index (κ3) is 3.77. The Labute approximate surface area is 147 Å². The molecule has 0 radical (unpaired) electrons. The van der Waals surface area contributed by atoms with Gasteiger partial charge in [-0.05, 0) is 31.9 Å². The molecule has 2 aromatic rings. The predicted molar refractivity (Wildman–Crippen MR) is 93.5 cm³/mol. The third-order valence-corrected chi connectivity index (χ3v) is 4.59. The van der Waals surface area contributed by atoms with Gasteiger partial charge < -0.3 is 5.32 Å². The van der Waals surface area contributed by atoms with Crippen LogP contribution in [0.4, 0.5) is 0 Å². The van der Waals surface area contributed by atoms with Gasteiger partial charge in [0.15, 0.2) is 0 Å². The van der Waals surface area contributed by atoms with Crippen molar-refractivity contribution in [2.75, 3.05) is 0 Å². The number of rotatable bonds is 5. The number of nitrogens with one attached hydrogen (secondary N) is 1. The zero-order chi connectivity index (χ0) is 17.9. The zero-order valence-electron chi connectivity index (χ0n) is 14.3. The molecular formula is C18H21ClN4O. The van der Waals surface area contributed by atoms with E-state index in [0.717, 1.165) is 17.0 Å². The lowest BCUT2D eigenvalue weighted by Crippen LogP contribution is -2.33. The van der Waals surface area contributed by atoms with Gasteiger partial charge in [-0.2, -0.15) is 10.4 Å². The van der Waals surface area contributed by atoms with E-state index in [1.807, 2.05) is 32.5 Å². The molecule has 0 aliphatic carbocycles. The van der Waals surface area contributed by atoms with Crippen LogP contribution in [0.3, 0.4) is 0 Å². The van der Waals surface area contributed by atoms with Crippen molar-refractivity contribution in [2.45, 2.75) is 33.2 Å². The van der Waals surface area contributed by atoms with Crippen LogP contribution in [0.5, 0.6) is 0 Å². The Hall–Kier alpha value is -2.32. The van der Waals surface area contributed by atoms with Crippen molar-refractivity contribution >= 4 is 17.5 Å². The van der Waals surface area contributed by atoms with Gasteiger partial charge in [0.25, 0.3) is 0 Å². The fraction of sp³-hybridized carbons (Fsp3) is 0.389. The van der Waals surface area contributed by atoms with Gasteiger partial charge in [-0.3, -0.25) is 9.48 Å². The molecule has 0 saturated heterocycles. The second-order valence-electron chi connectivity index (χ2n) is 5.97. The van der Waals surface area contributed by atoms with Crippen molar-refractivity contribution in [1.82, 2.24) is 15.1 Å². The molecule has 6 heteroatoms. The first kappa shape index (κ1) is 18.0. The first-order valence-corrected chi connectivity index (χ1v) is 8.16. The average Bonchev–Trinajstić information content (AvgIpc) is 2.79. The van der Waals surface area contributed by atoms with E-state index in [0.29, 0.717) is 17.0 Å². The second kappa shape index (κ2) is 7.50. The van der Waals surface area contributed by atoms with Crippen molar-refractivity contribution in [2.24, 2.45) is 13.0 Å². The number of aryl methyl sites for hydroxylation is 2. The van der Waals surface area contributed by atoms with Crippen molar-refractivity contribution in [3.63, 3.8) is 0 Å². The molecule has 0 spiro atoms. The predicted octanol–water partition coefficient (Wildman–Crippen LogP) is 3.25. The molecule has 0 unspecified atom stereocenters. The van der Waals surface area contributed by atoms with E-state index in [9.17, 15) is 10.1 Å². The van der Waals surface area contributed by atoms with E-state index >= 15 is 0 Å². The number of carbonyl (C=O) groups excluding carboxylic acids is 1. The van der Waals surface area contributed by atoms with Crippen LogP contribution in [0.1, 0.15) is 35.5 Å². The number of nitrogens with zero attached hydrogens (tertiary/aromatic N) is 3. The van der Waals surface area contributed by atoms with E-state index in [1.54, 1.807) is 24.3 Å². The number of amides is 1. The highest BCUT2D eigenvalue weighted by Crippen LogP contribution is 2.23. The van der Waals surface area contributed by atoms with Crippen LogP contribution >= 0.6 is 11.6 Å². The average molecular weight is 345 g/mol. The number of hydrogen-bond acceptors (Lipinski definition) is 3. The van der Waals surface area contributed by atoms with Crippen LogP contribution in [0.15, 0.2) is 24.3 Å². The highest BCUT2D eigenvalue weighted by Gasteiger charge is 2.22. The molecule has 0 fully saturated rings. The summed E-state index contributed by atoms with van der Waals surface area (Å²) < 4.78 is 1.82. The fourth-order valence-electron chi connectivity index (χ4n) is 2.69. The topological polar surface area (TPSA) is 70.7 Å². The van der Waals surface area contributed by atoms with Crippen LogP contribution in [0.25, 0.3) is 0 Å². The number of nitriles is 1. The molecule has 1 heterocycles. The fourth-order valence-corrected chi connectivity index (χ4v) is 2.93. The zero-order valence-corrected chi connectivity index (χ0v) is 15.1. The number of hydrogen-bond donors (Lipinski definition) is 1. The molecule has 1 aromatic heterocycles. The van der Waals surface area contributed by atoms with Gasteiger partial charge >= 0.3 is 0 Å². The van der Waals surface area contributed by atoms with E-state index in [4.69, 9.17) is 11.6 Å². The van der Waals surface area contributed by atoms with E-state index in [-0.39, 0.29) is 11.8 Å². The lowest BCUT2D eigenvalue weighted by molar-refractivity contribution is -0.124. The first-order valence-electron chi connectivity index (χ1n) is 7.78. The summed E-state index contributed by atoms with van der Waals surface area (Å²) in [5.41, 5.74) is 3.66. The Balaban J connectivity index is 2.11. The second-order valence-corrected chi connectivity index (χ2v) is 6.38. The summed E-state index contributed by atoms with van der Waals surface area (Å²) in [5.74, 6) is -0.450. The molecule has 0 bridgehead atoms. The molecule has 2 atom stereocenters. The summed E-state index contributed by atoms with van der Waals surface area (Å²) in [5, 5.41) is 17.0. The summed E-state index contributed by atoms with van der Waals surface area (Å²) in [6, 6.07) is 8.38. The van der Waals surface area contributed by atoms with Crippen LogP contribution < -0.4 is 5.32 Å². The maximum Gasteiger partial charge on any atom is 0.224 e. The number of benzene rings is 1. The molecule has 24 heavy (non-hydrogen) atoms. The summed E-state index contributed by atoms with van der Waals surface area (Å²) in [7, 11) is 1.89. The van der Waals surface area contributed by atoms with Crippen LogP contribution in [-0.4, -0.2) is 15.7 Å². The van der Waals surface area contributed by atoms with Crippen molar-refractivity contribution in [3.8, 4) is 6.07 Å². The highest BCUT2D eigenvalue weighted by molar-refractivity contribution is 6.31. The van der Waals surface area contributed by atoms with Crippen molar-refractivity contribution in [1.29, 1.82) is 5.26 Å². The molecule has 5 nitrogen and oxygen atoms in total. The molecule has 1 N–H and O–H groups in total. The minimum atomic E-state index is -0.759. The molecule has 0 aliphatic heterocycles. The Bertz CT molecular complexity index is 791. The lowest BCUT2D eigenvalue weighted by atomic mass is 9.98. The maximum atomic E-state index is 12.5. The number of aromatic nitrogens is 2. The van der Waals surface area contributed by atoms with Gasteiger partial charge in [-0.1, -0.05) is 36.7 Å². The quantitative estimate of drug-likeness (QED) is 0.905. The molecule has 2 rings (SSSR count). The van der Waals surface area contributed by atoms with Gasteiger partial charge in [0.2, 0.25) is 5.91 Å².